The molecule has 1 N–H and O–H groups in total. The van der Waals surface area contributed by atoms with Crippen LogP contribution in [0.25, 0.3) is 22.6 Å². The van der Waals surface area contributed by atoms with Crippen LogP contribution in [0.15, 0.2) is 83.3 Å². The fraction of sp³-hybridized carbons (Fsp3) is 0.276. The minimum atomic E-state index is -0.0146. The highest BCUT2D eigenvalue weighted by molar-refractivity contribution is 5.97. The average Bonchev–Trinajstić information content (AvgIpc) is 3.33. The zero-order valence-corrected chi connectivity index (χ0v) is 19.8. The van der Waals surface area contributed by atoms with Crippen molar-refractivity contribution in [3.8, 4) is 11.5 Å². The van der Waals surface area contributed by atoms with Crippen LogP contribution < -0.4 is 5.32 Å². The Balaban J connectivity index is 1.16. The van der Waals surface area contributed by atoms with Crippen molar-refractivity contribution in [3.05, 3.63) is 90.0 Å². The first-order valence-corrected chi connectivity index (χ1v) is 12.2. The number of piperidine rings is 1. The third kappa shape index (κ3) is 5.27. The molecule has 35 heavy (non-hydrogen) atoms. The summed E-state index contributed by atoms with van der Waals surface area (Å²) >= 11 is 0. The molecule has 1 unspecified atom stereocenters. The normalized spacial score (nSPS) is 15.2. The zero-order valence-electron chi connectivity index (χ0n) is 19.8. The molecule has 1 atom stereocenters. The largest absolute Gasteiger partial charge is 0.436 e. The molecule has 2 heterocycles. The van der Waals surface area contributed by atoms with Gasteiger partial charge in [0.05, 0.1) is 6.04 Å². The van der Waals surface area contributed by atoms with Gasteiger partial charge in [-0.05, 0) is 61.6 Å². The number of amides is 2. The Morgan fingerprint density at radius 1 is 1.00 bits per heavy atom. The summed E-state index contributed by atoms with van der Waals surface area (Å²) in [5.41, 5.74) is 3.95. The van der Waals surface area contributed by atoms with E-state index >= 15 is 0 Å². The van der Waals surface area contributed by atoms with Crippen LogP contribution in [0.1, 0.15) is 48.1 Å². The van der Waals surface area contributed by atoms with Crippen molar-refractivity contribution in [2.24, 2.45) is 5.92 Å². The minimum absolute atomic E-state index is 0.00300. The number of likely N-dealkylation sites (tertiary alicyclic amines) is 1. The molecule has 3 aromatic carbocycles. The van der Waals surface area contributed by atoms with Crippen molar-refractivity contribution in [1.29, 1.82) is 0 Å². The summed E-state index contributed by atoms with van der Waals surface area (Å²) in [5.74, 6) is 0.896. The van der Waals surface area contributed by atoms with Gasteiger partial charge in [-0.1, -0.05) is 48.5 Å². The first kappa shape index (κ1) is 22.8. The second-order valence-electron chi connectivity index (χ2n) is 9.21. The van der Waals surface area contributed by atoms with Crippen molar-refractivity contribution < 1.29 is 14.0 Å². The number of oxazole rings is 1. The van der Waals surface area contributed by atoms with Crippen LogP contribution in [0, 0.1) is 5.92 Å². The lowest BCUT2D eigenvalue weighted by atomic mass is 9.92. The van der Waals surface area contributed by atoms with Gasteiger partial charge in [0.25, 0.3) is 5.91 Å². The van der Waals surface area contributed by atoms with Gasteiger partial charge in [-0.3, -0.25) is 9.59 Å². The topological polar surface area (TPSA) is 75.4 Å². The van der Waals surface area contributed by atoms with E-state index in [0.29, 0.717) is 42.1 Å². The van der Waals surface area contributed by atoms with E-state index in [2.05, 4.69) is 10.3 Å². The van der Waals surface area contributed by atoms with Crippen molar-refractivity contribution in [2.75, 3.05) is 13.1 Å². The Hall–Kier alpha value is -3.93. The van der Waals surface area contributed by atoms with Gasteiger partial charge in [-0.2, -0.15) is 0 Å². The van der Waals surface area contributed by atoms with E-state index < -0.39 is 0 Å². The highest BCUT2D eigenvalue weighted by Gasteiger charge is 2.26. The third-order valence-corrected chi connectivity index (χ3v) is 6.71. The van der Waals surface area contributed by atoms with E-state index in [-0.39, 0.29) is 23.8 Å². The van der Waals surface area contributed by atoms with Crippen LogP contribution in [0.4, 0.5) is 0 Å². The number of hydrogen-bond acceptors (Lipinski definition) is 4. The Kier molecular flexibility index (Phi) is 6.62. The molecule has 5 rings (SSSR count). The van der Waals surface area contributed by atoms with Gasteiger partial charge in [0.15, 0.2) is 5.58 Å². The van der Waals surface area contributed by atoms with Crippen LogP contribution in [-0.2, 0) is 4.79 Å². The van der Waals surface area contributed by atoms with E-state index in [1.54, 1.807) is 12.1 Å². The van der Waals surface area contributed by atoms with Gasteiger partial charge in [-0.15, -0.1) is 0 Å². The number of carbonyl (C=O) groups is 2. The molecule has 1 fully saturated rings. The highest BCUT2D eigenvalue weighted by Crippen LogP contribution is 2.27. The highest BCUT2D eigenvalue weighted by atomic mass is 16.3. The van der Waals surface area contributed by atoms with Gasteiger partial charge in [0, 0.05) is 30.6 Å². The molecule has 6 heteroatoms. The van der Waals surface area contributed by atoms with E-state index in [1.165, 1.54) is 0 Å². The van der Waals surface area contributed by atoms with Crippen LogP contribution >= 0.6 is 0 Å². The summed E-state index contributed by atoms with van der Waals surface area (Å²) in [4.78, 5) is 32.1. The van der Waals surface area contributed by atoms with E-state index in [1.807, 2.05) is 78.6 Å². The van der Waals surface area contributed by atoms with E-state index in [9.17, 15) is 9.59 Å². The molecule has 1 aliphatic rings. The second-order valence-corrected chi connectivity index (χ2v) is 9.21. The predicted octanol–water partition coefficient (Wildman–Crippen LogP) is 5.61. The fourth-order valence-corrected chi connectivity index (χ4v) is 4.68. The molecule has 0 saturated carbocycles. The molecule has 1 aliphatic heterocycles. The molecule has 1 aromatic heterocycles. The van der Waals surface area contributed by atoms with Crippen LogP contribution in [0.5, 0.6) is 0 Å². The van der Waals surface area contributed by atoms with Gasteiger partial charge in [0.2, 0.25) is 11.8 Å². The number of hydrogen-bond donors (Lipinski definition) is 1. The maximum atomic E-state index is 13.1. The molecule has 0 radical (unpaired) electrons. The summed E-state index contributed by atoms with van der Waals surface area (Å²) in [6.45, 7) is 3.30. The van der Waals surface area contributed by atoms with Crippen molar-refractivity contribution >= 4 is 22.9 Å². The number of nitrogens with one attached hydrogen (secondary N) is 1. The number of rotatable bonds is 6. The van der Waals surface area contributed by atoms with Crippen LogP contribution in [0.2, 0.25) is 0 Å². The number of aromatic nitrogens is 1. The van der Waals surface area contributed by atoms with E-state index in [0.717, 1.165) is 24.0 Å². The van der Waals surface area contributed by atoms with Gasteiger partial charge in [-0.25, -0.2) is 4.98 Å². The number of carbonyl (C=O) groups excluding carboxylic acids is 2. The number of fused-ring (bicyclic) bond motifs is 1. The molecule has 6 nitrogen and oxygen atoms in total. The van der Waals surface area contributed by atoms with Crippen molar-refractivity contribution in [3.63, 3.8) is 0 Å². The monoisotopic (exact) mass is 467 g/mol. The smallest absolute Gasteiger partial charge is 0.253 e. The predicted molar refractivity (Wildman–Crippen MR) is 136 cm³/mol. The number of nitrogens with zero attached hydrogens (tertiary/aromatic N) is 2. The molecule has 1 saturated heterocycles. The summed E-state index contributed by atoms with van der Waals surface area (Å²) < 4.78 is 5.87. The van der Waals surface area contributed by atoms with Crippen LogP contribution in [-0.4, -0.2) is 34.8 Å². The first-order valence-electron chi connectivity index (χ1n) is 12.2. The zero-order chi connectivity index (χ0) is 24.2. The first-order chi connectivity index (χ1) is 17.1. The molecule has 0 spiro atoms. The van der Waals surface area contributed by atoms with Gasteiger partial charge in [0.1, 0.15) is 5.52 Å². The molecule has 178 valence electrons. The molecular formula is C29H29N3O3. The summed E-state index contributed by atoms with van der Waals surface area (Å²) in [7, 11) is 0. The second kappa shape index (κ2) is 10.1. The Labute approximate surface area is 205 Å². The summed E-state index contributed by atoms with van der Waals surface area (Å²) in [5, 5.41) is 3.10. The van der Waals surface area contributed by atoms with Gasteiger partial charge >= 0.3 is 0 Å². The molecule has 0 aliphatic carbocycles. The van der Waals surface area contributed by atoms with Crippen molar-refractivity contribution in [2.45, 2.75) is 32.2 Å². The quantitative estimate of drug-likeness (QED) is 0.400. The average molecular weight is 468 g/mol. The molecule has 0 bridgehead atoms. The molecular weight excluding hydrogens is 438 g/mol. The van der Waals surface area contributed by atoms with Gasteiger partial charge < -0.3 is 14.6 Å². The number of benzene rings is 3. The van der Waals surface area contributed by atoms with Crippen molar-refractivity contribution in [1.82, 2.24) is 15.2 Å². The van der Waals surface area contributed by atoms with Crippen LogP contribution in [0.3, 0.4) is 0 Å². The third-order valence-electron chi connectivity index (χ3n) is 6.71. The van der Waals surface area contributed by atoms with E-state index in [4.69, 9.17) is 4.42 Å². The SMILES string of the molecule is CC(NC(=O)CC1CCN(C(=O)c2ccc3oc(-c4ccccc4)nc3c2)CC1)c1ccccc1. The minimum Gasteiger partial charge on any atom is -0.436 e. The molecule has 4 aromatic rings. The Bertz CT molecular complexity index is 1310. The lowest BCUT2D eigenvalue weighted by Crippen LogP contribution is -2.39. The molecule has 2 amide bonds. The lowest BCUT2D eigenvalue weighted by molar-refractivity contribution is -0.122. The maximum absolute atomic E-state index is 13.1. The standard InChI is InChI=1S/C29H29N3O3/c1-20(22-8-4-2-5-9-22)30-27(33)18-21-14-16-32(17-15-21)29(34)24-12-13-26-25(19-24)31-28(35-26)23-10-6-3-7-11-23/h2-13,19-21H,14-18H2,1H3,(H,30,33). The summed E-state index contributed by atoms with van der Waals surface area (Å²) in [6.07, 6.45) is 2.14. The lowest BCUT2D eigenvalue weighted by Gasteiger charge is -2.32. The Morgan fingerprint density at radius 3 is 2.40 bits per heavy atom. The summed E-state index contributed by atoms with van der Waals surface area (Å²) in [6, 6.07) is 25.1. The maximum Gasteiger partial charge on any atom is 0.253 e. The fourth-order valence-electron chi connectivity index (χ4n) is 4.68. The Morgan fingerprint density at radius 2 is 1.69 bits per heavy atom.